The van der Waals surface area contributed by atoms with Crippen LogP contribution in [0.1, 0.15) is 95.0 Å². The molecule has 0 saturated heterocycles. The van der Waals surface area contributed by atoms with E-state index in [4.69, 9.17) is 11.6 Å². The number of fused-ring (bicyclic) bond motifs is 6. The molecule has 7 N–H and O–H groups in total. The molecule has 0 spiro atoms. The van der Waals surface area contributed by atoms with Crippen LogP contribution in [-0.2, 0) is 6.42 Å². The topological polar surface area (TPSA) is 122 Å². The number of allylic oxidation sites excluding steroid dienone is 2. The summed E-state index contributed by atoms with van der Waals surface area (Å²) in [6.07, 6.45) is 13.5. The molecule has 1 amide bonds. The summed E-state index contributed by atoms with van der Waals surface area (Å²) in [6.45, 7) is 21.5. The molecular formula is C52H56ClN7O. The number of aromatic amines is 4. The minimum absolute atomic E-state index is 0.0108. The Morgan fingerprint density at radius 2 is 1.52 bits per heavy atom. The number of carbonyl (C=O) groups is 1. The average Bonchev–Trinajstić information content (AvgIpc) is 4.09. The number of aromatic nitrogens is 4. The Hall–Kier alpha value is -6.56. The van der Waals surface area contributed by atoms with Crippen LogP contribution in [0.5, 0.6) is 0 Å². The fourth-order valence-corrected chi connectivity index (χ4v) is 9.41. The van der Waals surface area contributed by atoms with E-state index in [1.54, 1.807) is 6.04 Å². The molecule has 0 aliphatic carbocycles. The van der Waals surface area contributed by atoms with Crippen molar-refractivity contribution in [3.8, 4) is 12.5 Å². The van der Waals surface area contributed by atoms with E-state index in [9.17, 15) is 4.79 Å². The molecule has 1 aliphatic rings. The lowest BCUT2D eigenvalue weighted by Gasteiger charge is -2.19. The van der Waals surface area contributed by atoms with Gasteiger partial charge < -0.3 is 35.9 Å². The van der Waals surface area contributed by atoms with Crippen molar-refractivity contribution in [2.24, 2.45) is 5.73 Å². The van der Waals surface area contributed by atoms with E-state index in [-0.39, 0.29) is 5.91 Å². The van der Waals surface area contributed by atoms with Gasteiger partial charge in [0.15, 0.2) is 0 Å². The number of nitrogens with one attached hydrogen (secondary N) is 5. The summed E-state index contributed by atoms with van der Waals surface area (Å²) in [5.74, 6) is 1.44. The van der Waals surface area contributed by atoms with E-state index >= 15 is 0 Å². The molecule has 0 saturated carbocycles. The van der Waals surface area contributed by atoms with Crippen LogP contribution in [0, 0.1) is 33.2 Å². The van der Waals surface area contributed by atoms with Gasteiger partial charge in [0.05, 0.1) is 0 Å². The highest BCUT2D eigenvalue weighted by molar-refractivity contribution is 6.18. The van der Waals surface area contributed by atoms with Gasteiger partial charge in [0.25, 0.3) is 5.91 Å². The maximum Gasteiger partial charge on any atom is 0.274 e. The number of rotatable bonds is 10. The number of halogens is 1. The van der Waals surface area contributed by atoms with Crippen molar-refractivity contribution in [3.05, 3.63) is 143 Å². The number of H-pyrrole nitrogens is 4. The minimum Gasteiger partial charge on any atom is -0.361 e. The fraction of sp³-hybridized carbons (Fsp3) is 0.250. The largest absolute Gasteiger partial charge is 0.361 e. The summed E-state index contributed by atoms with van der Waals surface area (Å²) >= 11 is 6.17. The number of hydrogen-bond donors (Lipinski definition) is 6. The monoisotopic (exact) mass is 829 g/mol. The molecule has 9 heteroatoms. The summed E-state index contributed by atoms with van der Waals surface area (Å²) in [5.41, 5.74) is 22.4. The van der Waals surface area contributed by atoms with Crippen molar-refractivity contribution in [3.63, 3.8) is 0 Å². The van der Waals surface area contributed by atoms with Crippen LogP contribution in [0.4, 0.5) is 17.1 Å². The van der Waals surface area contributed by atoms with Crippen molar-refractivity contribution >= 4 is 83.8 Å². The number of nitrogens with two attached hydrogens (primary N) is 1. The van der Waals surface area contributed by atoms with Gasteiger partial charge in [0.2, 0.25) is 0 Å². The van der Waals surface area contributed by atoms with Gasteiger partial charge >= 0.3 is 0 Å². The van der Waals surface area contributed by atoms with E-state index in [1.165, 1.54) is 49.7 Å². The van der Waals surface area contributed by atoms with Crippen molar-refractivity contribution < 1.29 is 4.79 Å². The van der Waals surface area contributed by atoms with Crippen LogP contribution < -0.4 is 16.0 Å². The zero-order valence-corrected chi connectivity index (χ0v) is 36.8. The normalized spacial score (nSPS) is 13.7. The third-order valence-electron chi connectivity index (χ3n) is 12.1. The molecule has 2 unspecified atom stereocenters. The van der Waals surface area contributed by atoms with Gasteiger partial charge in [0, 0.05) is 97.1 Å². The van der Waals surface area contributed by atoms with Crippen LogP contribution in [0.25, 0.3) is 49.2 Å². The number of amides is 1. The van der Waals surface area contributed by atoms with E-state index in [1.807, 2.05) is 36.1 Å². The Balaban J connectivity index is 0.000000214. The summed E-state index contributed by atoms with van der Waals surface area (Å²) in [4.78, 5) is 29.3. The second kappa shape index (κ2) is 18.0. The Labute approximate surface area is 363 Å². The second-order valence-corrected chi connectivity index (χ2v) is 16.5. The Kier molecular flexibility index (Phi) is 12.5. The smallest absolute Gasteiger partial charge is 0.274 e. The first-order valence-electron chi connectivity index (χ1n) is 21.0. The highest BCUT2D eigenvalue weighted by Crippen LogP contribution is 2.44. The number of anilines is 3. The third kappa shape index (κ3) is 8.18. The third-order valence-corrected chi connectivity index (χ3v) is 12.4. The van der Waals surface area contributed by atoms with Crippen molar-refractivity contribution in [2.75, 3.05) is 22.6 Å². The first-order valence-corrected chi connectivity index (χ1v) is 21.5. The lowest BCUT2D eigenvalue weighted by atomic mass is 9.87. The molecule has 5 heterocycles. The van der Waals surface area contributed by atoms with E-state index in [0.29, 0.717) is 30.0 Å². The van der Waals surface area contributed by atoms with Gasteiger partial charge in [-0.1, -0.05) is 39.0 Å². The highest BCUT2D eigenvalue weighted by atomic mass is 35.5. The molecule has 312 valence electrons. The first kappa shape index (κ1) is 42.6. The molecule has 8 aromatic rings. The van der Waals surface area contributed by atoms with Crippen LogP contribution in [0.2, 0.25) is 0 Å². The maximum absolute atomic E-state index is 13.8. The molecule has 1 aliphatic heterocycles. The van der Waals surface area contributed by atoms with E-state index in [0.717, 1.165) is 74.9 Å². The molecule has 0 bridgehead atoms. The van der Waals surface area contributed by atoms with E-state index < -0.39 is 0 Å². The number of benzene rings is 4. The molecule has 0 radical (unpaired) electrons. The number of carbonyl (C=O) groups excluding carboxylic acids is 1. The Morgan fingerprint density at radius 1 is 0.918 bits per heavy atom. The van der Waals surface area contributed by atoms with E-state index in [2.05, 4.69) is 146 Å². The molecule has 2 atom stereocenters. The quantitative estimate of drug-likeness (QED) is 0.0356. The van der Waals surface area contributed by atoms with Crippen LogP contribution >= 0.6 is 11.6 Å². The lowest BCUT2D eigenvalue weighted by molar-refractivity contribution is 0.0984. The van der Waals surface area contributed by atoms with Crippen LogP contribution in [0.3, 0.4) is 0 Å². The minimum atomic E-state index is 0.0108. The van der Waals surface area contributed by atoms with Gasteiger partial charge in [-0.3, -0.25) is 4.79 Å². The zero-order chi connectivity index (χ0) is 43.5. The lowest BCUT2D eigenvalue weighted by Crippen LogP contribution is -2.30. The van der Waals surface area contributed by atoms with Crippen molar-refractivity contribution in [1.29, 1.82) is 0 Å². The van der Waals surface area contributed by atoms with Gasteiger partial charge in [-0.25, -0.2) is 0 Å². The summed E-state index contributed by atoms with van der Waals surface area (Å²) in [7, 11) is 0. The molecule has 9 rings (SSSR count). The number of alkyl halides is 1. The highest BCUT2D eigenvalue weighted by Gasteiger charge is 2.34. The SMILES string of the molecule is C#CN.C=C(C)c1cc2cc(Nc3ccc4[nH]c(C(=O)N5CC(CC)c6c5ccc5[nH]cc(C)c65)cc4c3)ccc2[nH]1.C=CCc1cc(C)c(C(CC)CCl)c2c(C)c[nH]c12. The Morgan fingerprint density at radius 3 is 2.13 bits per heavy atom. The molecular weight excluding hydrogens is 774 g/mol. The van der Waals surface area contributed by atoms with Gasteiger partial charge in [-0.05, 0) is 159 Å². The van der Waals surface area contributed by atoms with Crippen molar-refractivity contribution in [1.82, 2.24) is 19.9 Å². The van der Waals surface area contributed by atoms with Gasteiger partial charge in [-0.2, -0.15) is 0 Å². The zero-order valence-electron chi connectivity index (χ0n) is 36.1. The number of hydrogen-bond acceptors (Lipinski definition) is 3. The number of nitrogens with zero attached hydrogens (tertiary/aromatic N) is 1. The molecule has 0 fully saturated rings. The second-order valence-electron chi connectivity index (χ2n) is 16.2. The summed E-state index contributed by atoms with van der Waals surface area (Å²) < 4.78 is 0. The summed E-state index contributed by atoms with van der Waals surface area (Å²) in [5, 5.41) is 8.28. The maximum atomic E-state index is 13.8. The molecule has 61 heavy (non-hydrogen) atoms. The average molecular weight is 831 g/mol. The molecule has 4 aromatic heterocycles. The molecule has 4 aromatic carbocycles. The predicted octanol–water partition coefficient (Wildman–Crippen LogP) is 13.2. The number of terminal acetylenes is 1. The Bertz CT molecular complexity index is 2960. The fourth-order valence-electron chi connectivity index (χ4n) is 9.04. The summed E-state index contributed by atoms with van der Waals surface area (Å²) in [6, 6.07) is 24.7. The van der Waals surface area contributed by atoms with Gasteiger partial charge in [0.1, 0.15) is 5.69 Å². The van der Waals surface area contributed by atoms with Crippen LogP contribution in [0.15, 0.2) is 98.4 Å². The standard InChI is InChI=1S/C33H31N5O.C17H22ClN.C2H3N/c1-5-20-17-38(30-11-10-27-31(32(20)30)19(4)16-34-27)33(39)29-15-22-13-24(7-9-26(22)37-29)35-23-6-8-25-21(12-23)14-28(36-25)18(2)3;1-5-7-14-8-11(3)15(13(6-2)9-18)16-12(4)10-19-17(14)16;1-2-3/h6-16,20,34-37H,2,5,17H2,1,3-4H3;5,8,10,13,19H,1,6-7,9H2,2-4H3;1H,3H2. The van der Waals surface area contributed by atoms with Crippen LogP contribution in [-0.4, -0.2) is 38.3 Å². The molecule has 8 nitrogen and oxygen atoms in total. The first-order chi connectivity index (χ1) is 29.4. The predicted molar refractivity (Wildman–Crippen MR) is 261 cm³/mol. The van der Waals surface area contributed by atoms with Crippen molar-refractivity contribution in [2.45, 2.75) is 72.6 Å². The van der Waals surface area contributed by atoms with Gasteiger partial charge in [-0.15, -0.1) is 18.2 Å². The number of aryl methyl sites for hydroxylation is 3.